The summed E-state index contributed by atoms with van der Waals surface area (Å²) in [7, 11) is 2.09. The van der Waals surface area contributed by atoms with Crippen molar-refractivity contribution in [2.75, 3.05) is 26.8 Å². The van der Waals surface area contributed by atoms with E-state index in [1.807, 2.05) is 6.92 Å². The smallest absolute Gasteiger partial charge is 0.251 e. The molecular formula is C14H23N3O2. The molecule has 2 rings (SSSR count). The molecule has 0 unspecified atom stereocenters. The summed E-state index contributed by atoms with van der Waals surface area (Å²) in [5.41, 5.74) is 0.693. The molecule has 1 atom stereocenters. The Balaban J connectivity index is 2.01. The highest BCUT2D eigenvalue weighted by atomic mass is 16.5. The van der Waals surface area contributed by atoms with E-state index in [4.69, 9.17) is 4.74 Å². The van der Waals surface area contributed by atoms with Crippen molar-refractivity contribution in [3.8, 4) is 0 Å². The first-order valence-electron chi connectivity index (χ1n) is 6.92. The summed E-state index contributed by atoms with van der Waals surface area (Å²) >= 11 is 0. The maximum absolute atomic E-state index is 11.5. The highest BCUT2D eigenvalue weighted by Gasteiger charge is 2.20. The minimum atomic E-state index is -0.0752. The molecule has 5 heteroatoms. The molecule has 0 radical (unpaired) electrons. The average Bonchev–Trinajstić information content (AvgIpc) is 2.37. The van der Waals surface area contributed by atoms with Crippen LogP contribution < -0.4 is 5.56 Å². The van der Waals surface area contributed by atoms with E-state index in [0.29, 0.717) is 5.92 Å². The Bertz CT molecular complexity index is 466. The lowest BCUT2D eigenvalue weighted by atomic mass is 9.99. The van der Waals surface area contributed by atoms with Gasteiger partial charge in [0.1, 0.15) is 5.82 Å². The molecule has 19 heavy (non-hydrogen) atoms. The number of nitrogens with zero attached hydrogens (tertiary/aromatic N) is 2. The summed E-state index contributed by atoms with van der Waals surface area (Å²) in [5, 5.41) is 0. The van der Waals surface area contributed by atoms with Gasteiger partial charge in [-0.05, 0) is 39.7 Å². The number of ether oxygens (including phenoxy) is 1. The van der Waals surface area contributed by atoms with Gasteiger partial charge >= 0.3 is 0 Å². The fourth-order valence-corrected chi connectivity index (χ4v) is 2.50. The third kappa shape index (κ3) is 3.88. The zero-order valence-electron chi connectivity index (χ0n) is 12.0. The van der Waals surface area contributed by atoms with Crippen LogP contribution in [0.15, 0.2) is 10.9 Å². The fraction of sp³-hybridized carbons (Fsp3) is 0.714. The second-order valence-corrected chi connectivity index (χ2v) is 5.44. The van der Waals surface area contributed by atoms with Gasteiger partial charge in [0.2, 0.25) is 0 Å². The molecule has 0 aromatic carbocycles. The van der Waals surface area contributed by atoms with E-state index in [0.717, 1.165) is 44.1 Å². The van der Waals surface area contributed by atoms with Crippen LogP contribution in [0.2, 0.25) is 0 Å². The molecule has 0 amide bonds. The zero-order chi connectivity index (χ0) is 13.8. The van der Waals surface area contributed by atoms with Gasteiger partial charge in [0, 0.05) is 31.5 Å². The maximum Gasteiger partial charge on any atom is 0.251 e. The summed E-state index contributed by atoms with van der Waals surface area (Å²) in [6, 6.07) is 1.64. The van der Waals surface area contributed by atoms with Crippen molar-refractivity contribution in [1.29, 1.82) is 0 Å². The van der Waals surface area contributed by atoms with Crippen LogP contribution in [0.3, 0.4) is 0 Å². The van der Waals surface area contributed by atoms with E-state index in [1.165, 1.54) is 6.07 Å². The van der Waals surface area contributed by atoms with E-state index < -0.39 is 0 Å². The van der Waals surface area contributed by atoms with Crippen molar-refractivity contribution in [3.63, 3.8) is 0 Å². The van der Waals surface area contributed by atoms with Crippen LogP contribution in [0.1, 0.15) is 37.3 Å². The Kier molecular flexibility index (Phi) is 4.71. The van der Waals surface area contributed by atoms with Gasteiger partial charge in [0.25, 0.3) is 5.56 Å². The molecule has 0 spiro atoms. The molecule has 1 aromatic rings. The van der Waals surface area contributed by atoms with Crippen LogP contribution in [-0.2, 0) is 4.74 Å². The second kappa shape index (κ2) is 6.30. The predicted molar refractivity (Wildman–Crippen MR) is 74.2 cm³/mol. The third-order valence-electron chi connectivity index (χ3n) is 3.83. The number of H-pyrrole nitrogens is 1. The Morgan fingerprint density at radius 1 is 1.53 bits per heavy atom. The first kappa shape index (κ1) is 14.2. The van der Waals surface area contributed by atoms with Crippen molar-refractivity contribution in [1.82, 2.24) is 14.9 Å². The standard InChI is InChI=1S/C14H23N3O2/c1-10-8-13(18)16-14(15-10)11(2)17(3)9-12-4-6-19-7-5-12/h8,11-12H,4-7,9H2,1-3H3,(H,15,16,18)/t11-/m0/s1. The molecule has 1 fully saturated rings. The number of hydrogen-bond acceptors (Lipinski definition) is 4. The van der Waals surface area contributed by atoms with Crippen molar-refractivity contribution < 1.29 is 4.74 Å². The number of nitrogens with one attached hydrogen (secondary N) is 1. The Morgan fingerprint density at radius 2 is 2.21 bits per heavy atom. The predicted octanol–water partition coefficient (Wildman–Crippen LogP) is 1.50. The van der Waals surface area contributed by atoms with Gasteiger partial charge < -0.3 is 9.72 Å². The Morgan fingerprint density at radius 3 is 2.84 bits per heavy atom. The molecule has 106 valence electrons. The van der Waals surface area contributed by atoms with E-state index in [1.54, 1.807) is 0 Å². The van der Waals surface area contributed by atoms with Crippen LogP contribution in [-0.4, -0.2) is 41.7 Å². The lowest BCUT2D eigenvalue weighted by Crippen LogP contribution is -2.33. The minimum Gasteiger partial charge on any atom is -0.381 e. The van der Waals surface area contributed by atoms with Crippen molar-refractivity contribution >= 4 is 0 Å². The van der Waals surface area contributed by atoms with Gasteiger partial charge in [-0.1, -0.05) is 0 Å². The molecule has 1 aliphatic rings. The maximum atomic E-state index is 11.5. The quantitative estimate of drug-likeness (QED) is 0.896. The molecule has 0 bridgehead atoms. The van der Waals surface area contributed by atoms with Gasteiger partial charge in [0.05, 0.1) is 6.04 Å². The molecule has 2 heterocycles. The third-order valence-corrected chi connectivity index (χ3v) is 3.83. The van der Waals surface area contributed by atoms with Gasteiger partial charge in [-0.15, -0.1) is 0 Å². The van der Waals surface area contributed by atoms with Gasteiger partial charge in [-0.25, -0.2) is 4.98 Å². The number of aryl methyl sites for hydroxylation is 1. The van der Waals surface area contributed by atoms with E-state index in [-0.39, 0.29) is 11.6 Å². The number of hydrogen-bond donors (Lipinski definition) is 1. The largest absolute Gasteiger partial charge is 0.381 e. The molecule has 1 saturated heterocycles. The Hall–Kier alpha value is -1.20. The SMILES string of the molecule is Cc1cc(=O)[nH]c([C@H](C)N(C)CC2CCOCC2)n1. The second-order valence-electron chi connectivity index (χ2n) is 5.44. The highest BCUT2D eigenvalue weighted by molar-refractivity contribution is 5.03. The van der Waals surface area contributed by atoms with Crippen molar-refractivity contribution in [2.24, 2.45) is 5.92 Å². The molecule has 1 aliphatic heterocycles. The summed E-state index contributed by atoms with van der Waals surface area (Å²) in [6.07, 6.45) is 2.24. The first-order chi connectivity index (χ1) is 9.06. The van der Waals surface area contributed by atoms with Crippen LogP contribution in [0.5, 0.6) is 0 Å². The van der Waals surface area contributed by atoms with Crippen LogP contribution in [0.25, 0.3) is 0 Å². The van der Waals surface area contributed by atoms with Crippen LogP contribution in [0.4, 0.5) is 0 Å². The molecule has 1 N–H and O–H groups in total. The van der Waals surface area contributed by atoms with Gasteiger partial charge in [0.15, 0.2) is 0 Å². The van der Waals surface area contributed by atoms with E-state index in [2.05, 4.69) is 28.8 Å². The fourth-order valence-electron chi connectivity index (χ4n) is 2.50. The molecule has 0 aliphatic carbocycles. The van der Waals surface area contributed by atoms with Crippen LogP contribution >= 0.6 is 0 Å². The summed E-state index contributed by atoms with van der Waals surface area (Å²) in [6.45, 7) is 6.68. The highest BCUT2D eigenvalue weighted by Crippen LogP contribution is 2.20. The average molecular weight is 265 g/mol. The van der Waals surface area contributed by atoms with E-state index >= 15 is 0 Å². The molecule has 0 saturated carbocycles. The molecule has 5 nitrogen and oxygen atoms in total. The van der Waals surface area contributed by atoms with Gasteiger partial charge in [-0.2, -0.15) is 0 Å². The molecular weight excluding hydrogens is 242 g/mol. The number of aromatic amines is 1. The molecule has 1 aromatic heterocycles. The van der Waals surface area contributed by atoms with Crippen molar-refractivity contribution in [2.45, 2.75) is 32.7 Å². The topological polar surface area (TPSA) is 58.2 Å². The first-order valence-corrected chi connectivity index (χ1v) is 6.92. The van der Waals surface area contributed by atoms with Crippen molar-refractivity contribution in [3.05, 3.63) is 27.9 Å². The zero-order valence-corrected chi connectivity index (χ0v) is 12.0. The summed E-state index contributed by atoms with van der Waals surface area (Å²) in [4.78, 5) is 21.0. The minimum absolute atomic E-state index is 0.0752. The lowest BCUT2D eigenvalue weighted by molar-refractivity contribution is 0.0508. The monoisotopic (exact) mass is 265 g/mol. The normalized spacial score (nSPS) is 18.7. The van der Waals surface area contributed by atoms with E-state index in [9.17, 15) is 4.79 Å². The summed E-state index contributed by atoms with van der Waals surface area (Å²) in [5.74, 6) is 1.43. The number of rotatable bonds is 4. The Labute approximate surface area is 114 Å². The summed E-state index contributed by atoms with van der Waals surface area (Å²) < 4.78 is 5.38. The van der Waals surface area contributed by atoms with Gasteiger partial charge in [-0.3, -0.25) is 9.69 Å². The lowest BCUT2D eigenvalue weighted by Gasteiger charge is -2.30. The van der Waals surface area contributed by atoms with Crippen LogP contribution in [0, 0.1) is 12.8 Å². The number of aromatic nitrogens is 2.